The van der Waals surface area contributed by atoms with Gasteiger partial charge in [0.1, 0.15) is 0 Å². The Kier molecular flexibility index (Phi) is 4.96. The first-order chi connectivity index (χ1) is 11.7. The topological polar surface area (TPSA) is 79.2 Å². The number of aliphatic hydroxyl groups is 1. The number of hydrogen-bond acceptors (Lipinski definition) is 3. The van der Waals surface area contributed by atoms with Crippen LogP contribution in [0.4, 0.5) is 4.79 Å². The normalized spacial score (nSPS) is 20.8. The van der Waals surface area contributed by atoms with Crippen LogP contribution in [0.15, 0.2) is 54.9 Å². The van der Waals surface area contributed by atoms with Crippen LogP contribution in [-0.4, -0.2) is 33.6 Å². The summed E-state index contributed by atoms with van der Waals surface area (Å²) in [5, 5.41) is 19.2. The predicted octanol–water partition coefficient (Wildman–Crippen LogP) is 2.17. The van der Waals surface area contributed by atoms with Gasteiger partial charge >= 0.3 is 6.03 Å². The van der Waals surface area contributed by atoms with Crippen molar-refractivity contribution < 1.29 is 9.90 Å². The lowest BCUT2D eigenvalue weighted by atomic mass is 10.1. The van der Waals surface area contributed by atoms with Gasteiger partial charge in [0.15, 0.2) is 0 Å². The van der Waals surface area contributed by atoms with Crippen LogP contribution >= 0.6 is 0 Å². The molecule has 1 heterocycles. The summed E-state index contributed by atoms with van der Waals surface area (Å²) in [4.78, 5) is 12.2. The van der Waals surface area contributed by atoms with Crippen LogP contribution in [0, 0.1) is 5.92 Å². The first kappa shape index (κ1) is 16.3. The second-order valence-electron chi connectivity index (χ2n) is 6.05. The minimum atomic E-state index is -0.208. The molecule has 3 atom stereocenters. The fraction of sp³-hybridized carbons (Fsp3) is 0.333. The highest BCUT2D eigenvalue weighted by atomic mass is 16.3. The molecule has 2 amide bonds. The molecule has 3 N–H and O–H groups in total. The van der Waals surface area contributed by atoms with Crippen LogP contribution in [-0.2, 0) is 0 Å². The Balaban J connectivity index is 1.59. The molecule has 2 aromatic rings. The molecule has 126 valence electrons. The number of benzene rings is 1. The van der Waals surface area contributed by atoms with E-state index in [1.807, 2.05) is 55.6 Å². The van der Waals surface area contributed by atoms with Crippen LogP contribution in [0.25, 0.3) is 5.69 Å². The lowest BCUT2D eigenvalue weighted by Crippen LogP contribution is -2.41. The number of rotatable bonds is 5. The monoisotopic (exact) mass is 326 g/mol. The summed E-state index contributed by atoms with van der Waals surface area (Å²) in [6.07, 6.45) is 8.24. The lowest BCUT2D eigenvalue weighted by Gasteiger charge is -2.18. The quantitative estimate of drug-likeness (QED) is 0.737. The van der Waals surface area contributed by atoms with Crippen LogP contribution in [0.2, 0.25) is 0 Å². The molecule has 0 fully saturated rings. The van der Waals surface area contributed by atoms with Gasteiger partial charge in [0, 0.05) is 31.0 Å². The van der Waals surface area contributed by atoms with Crippen LogP contribution in [0.3, 0.4) is 0 Å². The maximum Gasteiger partial charge on any atom is 0.315 e. The molecule has 1 aliphatic rings. The zero-order valence-corrected chi connectivity index (χ0v) is 13.6. The molecular weight excluding hydrogens is 304 g/mol. The van der Waals surface area contributed by atoms with Crippen molar-refractivity contribution in [2.24, 2.45) is 5.92 Å². The Morgan fingerprint density at radius 1 is 1.42 bits per heavy atom. The van der Waals surface area contributed by atoms with Gasteiger partial charge in [0.25, 0.3) is 0 Å². The lowest BCUT2D eigenvalue weighted by molar-refractivity contribution is 0.229. The Morgan fingerprint density at radius 2 is 2.29 bits per heavy atom. The highest BCUT2D eigenvalue weighted by Crippen LogP contribution is 2.18. The third-order valence-electron chi connectivity index (χ3n) is 4.21. The Labute approximate surface area is 141 Å². The number of aliphatic hydroxyl groups excluding tert-OH is 1. The zero-order valence-electron chi connectivity index (χ0n) is 13.6. The summed E-state index contributed by atoms with van der Waals surface area (Å²) in [6.45, 7) is 2.07. The average molecular weight is 326 g/mol. The van der Waals surface area contributed by atoms with Gasteiger partial charge in [0.2, 0.25) is 0 Å². The fourth-order valence-corrected chi connectivity index (χ4v) is 2.87. The average Bonchev–Trinajstić information content (AvgIpc) is 3.26. The summed E-state index contributed by atoms with van der Waals surface area (Å²) in [7, 11) is 0. The Morgan fingerprint density at radius 3 is 3.00 bits per heavy atom. The van der Waals surface area contributed by atoms with Gasteiger partial charge in [-0.2, -0.15) is 5.10 Å². The molecule has 0 bridgehead atoms. The van der Waals surface area contributed by atoms with E-state index in [2.05, 4.69) is 15.7 Å². The number of nitrogens with zero attached hydrogens (tertiary/aromatic N) is 2. The van der Waals surface area contributed by atoms with E-state index in [-0.39, 0.29) is 30.6 Å². The van der Waals surface area contributed by atoms with E-state index in [1.165, 1.54) is 0 Å². The minimum Gasteiger partial charge on any atom is -0.396 e. The van der Waals surface area contributed by atoms with Crippen molar-refractivity contribution in [1.82, 2.24) is 20.4 Å². The highest BCUT2D eigenvalue weighted by molar-refractivity contribution is 5.75. The molecule has 0 radical (unpaired) electrons. The van der Waals surface area contributed by atoms with Gasteiger partial charge < -0.3 is 15.7 Å². The molecule has 1 aromatic carbocycles. The van der Waals surface area contributed by atoms with Gasteiger partial charge in [-0.05, 0) is 37.1 Å². The number of amides is 2. The van der Waals surface area contributed by atoms with Gasteiger partial charge in [-0.3, -0.25) is 0 Å². The maximum absolute atomic E-state index is 12.2. The summed E-state index contributed by atoms with van der Waals surface area (Å²) in [5.74, 6) is 0.137. The first-order valence-corrected chi connectivity index (χ1v) is 8.12. The summed E-state index contributed by atoms with van der Waals surface area (Å²) < 4.78 is 1.79. The number of hydrogen-bond donors (Lipinski definition) is 3. The number of urea groups is 1. The van der Waals surface area contributed by atoms with E-state index < -0.39 is 0 Å². The molecule has 1 unspecified atom stereocenters. The van der Waals surface area contributed by atoms with Crippen molar-refractivity contribution in [2.45, 2.75) is 25.4 Å². The summed E-state index contributed by atoms with van der Waals surface area (Å²) in [5.41, 5.74) is 1.96. The summed E-state index contributed by atoms with van der Waals surface area (Å²) in [6, 6.07) is 9.43. The van der Waals surface area contributed by atoms with Crippen molar-refractivity contribution in [3.05, 3.63) is 60.4 Å². The zero-order chi connectivity index (χ0) is 16.9. The van der Waals surface area contributed by atoms with Crippen molar-refractivity contribution in [1.29, 1.82) is 0 Å². The third-order valence-corrected chi connectivity index (χ3v) is 4.21. The van der Waals surface area contributed by atoms with Crippen LogP contribution in [0.5, 0.6) is 0 Å². The second-order valence-corrected chi connectivity index (χ2v) is 6.05. The minimum absolute atomic E-state index is 0.0234. The SMILES string of the molecule is CC(NC(=O)N[C@@H]1C=C[C@H](CO)C1)c1cccc(-n2cccn2)c1. The van der Waals surface area contributed by atoms with Gasteiger partial charge in [-0.25, -0.2) is 9.48 Å². The number of nitrogens with one attached hydrogen (secondary N) is 2. The molecule has 6 nitrogen and oxygen atoms in total. The summed E-state index contributed by atoms with van der Waals surface area (Å²) >= 11 is 0. The third kappa shape index (κ3) is 3.83. The first-order valence-electron chi connectivity index (χ1n) is 8.12. The van der Waals surface area contributed by atoms with E-state index in [0.717, 1.165) is 17.7 Å². The van der Waals surface area contributed by atoms with E-state index in [1.54, 1.807) is 10.9 Å². The second kappa shape index (κ2) is 7.31. The molecular formula is C18H22N4O2. The smallest absolute Gasteiger partial charge is 0.315 e. The highest BCUT2D eigenvalue weighted by Gasteiger charge is 2.20. The van der Waals surface area contributed by atoms with Crippen LogP contribution < -0.4 is 10.6 Å². The van der Waals surface area contributed by atoms with Gasteiger partial charge in [-0.1, -0.05) is 24.3 Å². The van der Waals surface area contributed by atoms with E-state index >= 15 is 0 Å². The van der Waals surface area contributed by atoms with Gasteiger partial charge in [0.05, 0.1) is 11.7 Å². The van der Waals surface area contributed by atoms with Gasteiger partial charge in [-0.15, -0.1) is 0 Å². The number of carbonyl (C=O) groups excluding carboxylic acids is 1. The Hall–Kier alpha value is -2.60. The molecule has 0 saturated heterocycles. The van der Waals surface area contributed by atoms with E-state index in [4.69, 9.17) is 5.11 Å². The van der Waals surface area contributed by atoms with E-state index in [0.29, 0.717) is 0 Å². The van der Waals surface area contributed by atoms with Crippen molar-refractivity contribution >= 4 is 6.03 Å². The molecule has 24 heavy (non-hydrogen) atoms. The standard InChI is InChI=1S/C18H22N4O2/c1-13(20-18(24)21-16-7-6-14(10-16)12-23)15-4-2-5-17(11-15)22-9-3-8-19-22/h2-9,11,13-14,16,23H,10,12H2,1H3,(H2,20,21,24)/t13?,14-,16+/m0/s1. The maximum atomic E-state index is 12.2. The molecule has 0 saturated carbocycles. The Bertz CT molecular complexity index is 712. The number of aromatic nitrogens is 2. The number of carbonyl (C=O) groups is 1. The largest absolute Gasteiger partial charge is 0.396 e. The molecule has 1 aliphatic carbocycles. The van der Waals surface area contributed by atoms with Crippen molar-refractivity contribution in [2.75, 3.05) is 6.61 Å². The molecule has 0 aliphatic heterocycles. The molecule has 6 heteroatoms. The molecule has 3 rings (SSSR count). The predicted molar refractivity (Wildman–Crippen MR) is 91.8 cm³/mol. The van der Waals surface area contributed by atoms with E-state index in [9.17, 15) is 4.79 Å². The fourth-order valence-electron chi connectivity index (χ4n) is 2.87. The molecule has 1 aromatic heterocycles. The van der Waals surface area contributed by atoms with Crippen molar-refractivity contribution in [3.63, 3.8) is 0 Å². The van der Waals surface area contributed by atoms with Crippen LogP contribution in [0.1, 0.15) is 24.9 Å². The molecule has 0 spiro atoms. The van der Waals surface area contributed by atoms with Crippen molar-refractivity contribution in [3.8, 4) is 5.69 Å².